The van der Waals surface area contributed by atoms with Crippen LogP contribution in [0.3, 0.4) is 0 Å². The number of fused-ring (bicyclic) bond motifs is 5. The molecule has 1 fully saturated rings. The molecule has 1 aromatic carbocycles. The first kappa shape index (κ1) is 18.1. The van der Waals surface area contributed by atoms with Gasteiger partial charge in [0.15, 0.2) is 5.65 Å². The van der Waals surface area contributed by atoms with Crippen LogP contribution in [0.15, 0.2) is 30.5 Å². The predicted octanol–water partition coefficient (Wildman–Crippen LogP) is 4.88. The van der Waals surface area contributed by atoms with E-state index in [9.17, 15) is 4.39 Å². The lowest BCUT2D eigenvalue weighted by Gasteiger charge is -2.39. The summed E-state index contributed by atoms with van der Waals surface area (Å²) in [6.07, 6.45) is 7.18. The summed E-state index contributed by atoms with van der Waals surface area (Å²) in [5.74, 6) is 0. The van der Waals surface area contributed by atoms with Crippen LogP contribution in [-0.4, -0.2) is 32.5 Å². The molecule has 2 aliphatic heterocycles. The van der Waals surface area contributed by atoms with E-state index in [2.05, 4.69) is 31.6 Å². The van der Waals surface area contributed by atoms with Crippen molar-refractivity contribution in [2.24, 2.45) is 0 Å². The van der Waals surface area contributed by atoms with Crippen LogP contribution in [0, 0.1) is 0 Å². The quantitative estimate of drug-likeness (QED) is 0.628. The van der Waals surface area contributed by atoms with E-state index >= 15 is 0 Å². The van der Waals surface area contributed by atoms with Gasteiger partial charge in [-0.05, 0) is 43.5 Å². The minimum absolute atomic E-state index is 0.404. The largest absolute Gasteiger partial charge is 0.328 e. The molecule has 0 amide bonds. The third-order valence-corrected chi connectivity index (χ3v) is 6.46. The van der Waals surface area contributed by atoms with Crippen molar-refractivity contribution < 1.29 is 4.39 Å². The number of alkyl halides is 1. The van der Waals surface area contributed by atoms with Crippen molar-refractivity contribution in [2.75, 3.05) is 13.1 Å². The van der Waals surface area contributed by atoms with Gasteiger partial charge in [-0.25, -0.2) is 14.4 Å². The fraction of sp³-hybridized carbons (Fsp3) is 0.455. The highest BCUT2D eigenvalue weighted by Crippen LogP contribution is 2.41. The summed E-state index contributed by atoms with van der Waals surface area (Å²) >= 11 is 6.02. The molecular weight excluding hydrogens is 375 g/mol. The number of nitrogens with zero attached hydrogens (tertiary/aromatic N) is 4. The minimum Gasteiger partial charge on any atom is -0.328 e. The molecule has 2 aliphatic rings. The Morgan fingerprint density at radius 1 is 1.14 bits per heavy atom. The summed E-state index contributed by atoms with van der Waals surface area (Å²) in [7, 11) is 0. The van der Waals surface area contributed by atoms with Crippen molar-refractivity contribution in [3.05, 3.63) is 58.0 Å². The Hall–Kier alpha value is -1.98. The molecule has 0 aliphatic carbocycles. The van der Waals surface area contributed by atoms with E-state index < -0.39 is 6.67 Å². The lowest BCUT2D eigenvalue weighted by Crippen LogP contribution is -2.39. The maximum absolute atomic E-state index is 13.3. The molecule has 0 saturated carbocycles. The number of rotatable bonds is 4. The van der Waals surface area contributed by atoms with Crippen LogP contribution in [0.5, 0.6) is 0 Å². The van der Waals surface area contributed by atoms with Crippen molar-refractivity contribution in [1.82, 2.24) is 19.4 Å². The Morgan fingerprint density at radius 2 is 2.00 bits per heavy atom. The van der Waals surface area contributed by atoms with Crippen LogP contribution in [0.2, 0.25) is 5.02 Å². The SMILES string of the molecule is FCc1cnc2c(n1)c1c(n2CCc2ccc(Cl)cc2)CCN2CCCCC12. The third kappa shape index (κ3) is 3.11. The lowest BCUT2D eigenvalue weighted by molar-refractivity contribution is 0.138. The van der Waals surface area contributed by atoms with E-state index in [1.165, 1.54) is 29.7 Å². The van der Waals surface area contributed by atoms with Crippen LogP contribution in [0.4, 0.5) is 4.39 Å². The highest BCUT2D eigenvalue weighted by Gasteiger charge is 2.35. The molecule has 4 heterocycles. The van der Waals surface area contributed by atoms with E-state index in [0.29, 0.717) is 11.7 Å². The molecule has 1 saturated heterocycles. The van der Waals surface area contributed by atoms with Crippen molar-refractivity contribution in [3.8, 4) is 0 Å². The minimum atomic E-state index is -0.567. The summed E-state index contributed by atoms with van der Waals surface area (Å²) in [5, 5.41) is 0.759. The van der Waals surface area contributed by atoms with Gasteiger partial charge in [-0.1, -0.05) is 30.2 Å². The molecule has 0 bridgehead atoms. The van der Waals surface area contributed by atoms with Crippen LogP contribution in [0.25, 0.3) is 11.2 Å². The van der Waals surface area contributed by atoms with Gasteiger partial charge >= 0.3 is 0 Å². The van der Waals surface area contributed by atoms with Gasteiger partial charge in [-0.3, -0.25) is 4.90 Å². The van der Waals surface area contributed by atoms with E-state index in [4.69, 9.17) is 11.6 Å². The van der Waals surface area contributed by atoms with Crippen LogP contribution < -0.4 is 0 Å². The monoisotopic (exact) mass is 398 g/mol. The van der Waals surface area contributed by atoms with Crippen molar-refractivity contribution >= 4 is 22.8 Å². The molecule has 0 radical (unpaired) electrons. The molecule has 1 unspecified atom stereocenters. The van der Waals surface area contributed by atoms with Gasteiger partial charge < -0.3 is 4.57 Å². The fourth-order valence-electron chi connectivity index (χ4n) is 4.86. The molecular formula is C22H24ClFN4. The van der Waals surface area contributed by atoms with Gasteiger partial charge in [0.05, 0.1) is 11.9 Å². The van der Waals surface area contributed by atoms with E-state index in [1.807, 2.05) is 12.1 Å². The molecule has 146 valence electrons. The summed E-state index contributed by atoms with van der Waals surface area (Å²) in [4.78, 5) is 11.9. The van der Waals surface area contributed by atoms with Gasteiger partial charge in [-0.15, -0.1) is 0 Å². The second-order valence-electron chi connectivity index (χ2n) is 7.85. The molecule has 5 rings (SSSR count). The Labute approximate surface area is 169 Å². The zero-order valence-electron chi connectivity index (χ0n) is 15.9. The number of piperidine rings is 1. The Bertz CT molecular complexity index is 998. The Balaban J connectivity index is 1.57. The van der Waals surface area contributed by atoms with Gasteiger partial charge in [0.2, 0.25) is 0 Å². The Kier molecular flexibility index (Phi) is 4.81. The average molecular weight is 399 g/mol. The molecule has 0 spiro atoms. The molecule has 3 aromatic rings. The lowest BCUT2D eigenvalue weighted by atomic mass is 9.90. The molecule has 6 heteroatoms. The normalized spacial score (nSPS) is 19.6. The zero-order chi connectivity index (χ0) is 19.1. The van der Waals surface area contributed by atoms with Crippen molar-refractivity contribution in [2.45, 2.75) is 51.4 Å². The van der Waals surface area contributed by atoms with Crippen LogP contribution >= 0.6 is 11.6 Å². The van der Waals surface area contributed by atoms with Gasteiger partial charge in [0, 0.05) is 41.8 Å². The second-order valence-corrected chi connectivity index (χ2v) is 8.29. The fourth-order valence-corrected chi connectivity index (χ4v) is 4.99. The molecule has 2 aromatic heterocycles. The smallest absolute Gasteiger partial charge is 0.159 e. The summed E-state index contributed by atoms with van der Waals surface area (Å²) in [5.41, 5.74) is 6.16. The number of halogens is 2. The number of hydrogen-bond donors (Lipinski definition) is 0. The standard InChI is InChI=1S/C22H24ClFN4/c23-16-6-4-15(5-7-16)8-12-28-19-9-11-27-10-2-1-3-18(27)20(19)21-22(28)25-14-17(13-24)26-21/h4-7,14,18H,1-3,8-13H2. The van der Waals surface area contributed by atoms with Crippen molar-refractivity contribution in [3.63, 3.8) is 0 Å². The first-order valence-corrected chi connectivity index (χ1v) is 10.5. The average Bonchev–Trinajstić information content (AvgIpc) is 3.06. The molecule has 1 atom stereocenters. The Morgan fingerprint density at radius 3 is 2.82 bits per heavy atom. The van der Waals surface area contributed by atoms with Gasteiger partial charge in [0.1, 0.15) is 12.2 Å². The van der Waals surface area contributed by atoms with E-state index in [1.54, 1.807) is 6.20 Å². The topological polar surface area (TPSA) is 34.0 Å². The molecule has 28 heavy (non-hydrogen) atoms. The predicted molar refractivity (Wildman–Crippen MR) is 109 cm³/mol. The first-order valence-electron chi connectivity index (χ1n) is 10.2. The highest BCUT2D eigenvalue weighted by atomic mass is 35.5. The number of aromatic nitrogens is 3. The van der Waals surface area contributed by atoms with Crippen LogP contribution in [-0.2, 0) is 26.1 Å². The van der Waals surface area contributed by atoms with Gasteiger partial charge in [0.25, 0.3) is 0 Å². The number of aryl methyl sites for hydroxylation is 2. The molecule has 0 N–H and O–H groups in total. The number of benzene rings is 1. The molecule has 4 nitrogen and oxygen atoms in total. The maximum Gasteiger partial charge on any atom is 0.159 e. The number of hydrogen-bond acceptors (Lipinski definition) is 3. The van der Waals surface area contributed by atoms with Crippen molar-refractivity contribution in [1.29, 1.82) is 0 Å². The summed E-state index contributed by atoms with van der Waals surface area (Å²) < 4.78 is 15.6. The zero-order valence-corrected chi connectivity index (χ0v) is 16.6. The second kappa shape index (κ2) is 7.45. The first-order chi connectivity index (χ1) is 13.7. The van der Waals surface area contributed by atoms with E-state index in [-0.39, 0.29) is 0 Å². The third-order valence-electron chi connectivity index (χ3n) is 6.21. The van der Waals surface area contributed by atoms with E-state index in [0.717, 1.165) is 55.1 Å². The van der Waals surface area contributed by atoms with Crippen LogP contribution in [0.1, 0.15) is 47.8 Å². The summed E-state index contributed by atoms with van der Waals surface area (Å²) in [6.45, 7) is 2.52. The summed E-state index contributed by atoms with van der Waals surface area (Å²) in [6, 6.07) is 8.44. The highest BCUT2D eigenvalue weighted by molar-refractivity contribution is 6.30. The van der Waals surface area contributed by atoms with Gasteiger partial charge in [-0.2, -0.15) is 0 Å². The maximum atomic E-state index is 13.3.